The molecule has 0 saturated carbocycles. The summed E-state index contributed by atoms with van der Waals surface area (Å²) in [6.07, 6.45) is 4.60. The number of hydrogen-bond donors (Lipinski definition) is 0. The summed E-state index contributed by atoms with van der Waals surface area (Å²) in [6.45, 7) is 6.22. The minimum atomic E-state index is 0.224. The van der Waals surface area contributed by atoms with E-state index >= 15 is 0 Å². The zero-order valence-electron chi connectivity index (χ0n) is 15.4. The molecular formula is C21H23BrN4O. The second-order valence-corrected chi connectivity index (χ2v) is 8.02. The van der Waals surface area contributed by atoms with E-state index in [0.717, 1.165) is 54.1 Å². The van der Waals surface area contributed by atoms with Gasteiger partial charge in [-0.2, -0.15) is 0 Å². The third kappa shape index (κ3) is 4.22. The Kier molecular flexibility index (Phi) is 5.27. The lowest BCUT2D eigenvalue weighted by Gasteiger charge is -2.34. The van der Waals surface area contributed by atoms with Crippen LogP contribution in [0.3, 0.4) is 0 Å². The molecule has 2 aromatic heterocycles. The molecule has 1 aliphatic heterocycles. The number of hydrogen-bond acceptors (Lipinski definition) is 3. The van der Waals surface area contributed by atoms with Gasteiger partial charge in [-0.25, -0.2) is 4.98 Å². The number of nitrogens with zero attached hydrogens (tertiary/aromatic N) is 4. The molecule has 0 radical (unpaired) electrons. The molecule has 1 aliphatic rings. The van der Waals surface area contributed by atoms with Gasteiger partial charge >= 0.3 is 0 Å². The second kappa shape index (κ2) is 7.82. The van der Waals surface area contributed by atoms with Crippen LogP contribution in [-0.2, 0) is 17.8 Å². The molecular weight excluding hydrogens is 404 g/mol. The van der Waals surface area contributed by atoms with Gasteiger partial charge in [-0.3, -0.25) is 9.69 Å². The third-order valence-electron chi connectivity index (χ3n) is 5.18. The molecule has 0 spiro atoms. The monoisotopic (exact) mass is 426 g/mol. The van der Waals surface area contributed by atoms with Gasteiger partial charge in [0.25, 0.3) is 0 Å². The van der Waals surface area contributed by atoms with E-state index in [2.05, 4.69) is 45.0 Å². The number of rotatable bonds is 4. The number of amides is 1. The van der Waals surface area contributed by atoms with Gasteiger partial charge in [-0.15, -0.1) is 0 Å². The lowest BCUT2D eigenvalue weighted by molar-refractivity contribution is -0.132. The molecule has 0 unspecified atom stereocenters. The highest BCUT2D eigenvalue weighted by atomic mass is 79.9. The molecule has 3 heterocycles. The van der Waals surface area contributed by atoms with Gasteiger partial charge in [0.1, 0.15) is 5.65 Å². The van der Waals surface area contributed by atoms with Crippen molar-refractivity contribution in [2.75, 3.05) is 26.2 Å². The fourth-order valence-corrected chi connectivity index (χ4v) is 3.91. The van der Waals surface area contributed by atoms with Crippen molar-refractivity contribution in [2.24, 2.45) is 0 Å². The van der Waals surface area contributed by atoms with Crippen LogP contribution in [0.4, 0.5) is 0 Å². The number of aryl methyl sites for hydroxylation is 1. The SMILES string of the molecule is Cc1ccccc1CC(=O)N1CCN(Cc2cn3cc(Br)ccc3n2)CC1. The smallest absolute Gasteiger partial charge is 0.227 e. The Hall–Kier alpha value is -2.18. The van der Waals surface area contributed by atoms with Crippen molar-refractivity contribution >= 4 is 27.5 Å². The number of halogens is 1. The number of piperazine rings is 1. The summed E-state index contributed by atoms with van der Waals surface area (Å²) in [5.41, 5.74) is 4.33. The Bertz CT molecular complexity index is 960. The van der Waals surface area contributed by atoms with Crippen molar-refractivity contribution in [3.8, 4) is 0 Å². The molecule has 0 bridgehead atoms. The quantitative estimate of drug-likeness (QED) is 0.642. The van der Waals surface area contributed by atoms with Crippen LogP contribution in [0, 0.1) is 6.92 Å². The Labute approximate surface area is 167 Å². The lowest BCUT2D eigenvalue weighted by atomic mass is 10.1. The molecule has 27 heavy (non-hydrogen) atoms. The van der Waals surface area contributed by atoms with E-state index < -0.39 is 0 Å². The molecule has 1 aromatic carbocycles. The molecule has 0 N–H and O–H groups in total. The van der Waals surface area contributed by atoms with E-state index in [1.165, 1.54) is 5.56 Å². The van der Waals surface area contributed by atoms with E-state index in [4.69, 9.17) is 0 Å². The lowest BCUT2D eigenvalue weighted by Crippen LogP contribution is -2.48. The van der Waals surface area contributed by atoms with E-state index in [1.54, 1.807) is 0 Å². The molecule has 1 fully saturated rings. The van der Waals surface area contributed by atoms with Crippen LogP contribution in [0.2, 0.25) is 0 Å². The van der Waals surface area contributed by atoms with Crippen LogP contribution in [0.15, 0.2) is 53.3 Å². The number of carbonyl (C=O) groups excluding carboxylic acids is 1. The number of carbonyl (C=O) groups is 1. The number of aromatic nitrogens is 2. The summed E-state index contributed by atoms with van der Waals surface area (Å²) < 4.78 is 3.08. The molecule has 140 valence electrons. The topological polar surface area (TPSA) is 40.9 Å². The zero-order valence-corrected chi connectivity index (χ0v) is 17.0. The number of imidazole rings is 1. The summed E-state index contributed by atoms with van der Waals surface area (Å²) >= 11 is 3.49. The van der Waals surface area contributed by atoms with Crippen LogP contribution in [0.1, 0.15) is 16.8 Å². The first-order valence-electron chi connectivity index (χ1n) is 9.26. The van der Waals surface area contributed by atoms with Crippen LogP contribution >= 0.6 is 15.9 Å². The Balaban J connectivity index is 1.33. The van der Waals surface area contributed by atoms with Crippen LogP contribution in [-0.4, -0.2) is 51.3 Å². The van der Waals surface area contributed by atoms with Crippen molar-refractivity contribution in [3.63, 3.8) is 0 Å². The molecule has 0 aliphatic carbocycles. The first-order chi connectivity index (χ1) is 13.1. The van der Waals surface area contributed by atoms with Crippen molar-refractivity contribution in [1.82, 2.24) is 19.2 Å². The summed E-state index contributed by atoms with van der Waals surface area (Å²) in [7, 11) is 0. The fourth-order valence-electron chi connectivity index (χ4n) is 3.56. The Morgan fingerprint density at radius 1 is 1.07 bits per heavy atom. The highest BCUT2D eigenvalue weighted by Gasteiger charge is 2.22. The van der Waals surface area contributed by atoms with Crippen LogP contribution in [0.5, 0.6) is 0 Å². The van der Waals surface area contributed by atoms with Gasteiger partial charge in [0.15, 0.2) is 0 Å². The first kappa shape index (κ1) is 18.2. The number of pyridine rings is 1. The van der Waals surface area contributed by atoms with Gasteiger partial charge in [0, 0.05) is 49.6 Å². The maximum Gasteiger partial charge on any atom is 0.227 e. The van der Waals surface area contributed by atoms with Crippen molar-refractivity contribution in [3.05, 3.63) is 70.1 Å². The normalized spacial score (nSPS) is 15.4. The predicted octanol–water partition coefficient (Wildman–Crippen LogP) is 3.29. The van der Waals surface area contributed by atoms with Gasteiger partial charge < -0.3 is 9.30 Å². The minimum Gasteiger partial charge on any atom is -0.340 e. The standard InChI is InChI=1S/C21H23BrN4O/c1-16-4-2-3-5-17(16)12-21(27)25-10-8-24(9-11-25)14-19-15-26-13-18(22)6-7-20(26)23-19/h2-7,13,15H,8-12,14H2,1H3. The summed E-state index contributed by atoms with van der Waals surface area (Å²) in [5, 5.41) is 0. The van der Waals surface area contributed by atoms with Crippen molar-refractivity contribution in [2.45, 2.75) is 19.9 Å². The third-order valence-corrected chi connectivity index (χ3v) is 5.65. The van der Waals surface area contributed by atoms with Gasteiger partial charge in [0.2, 0.25) is 5.91 Å². The highest BCUT2D eigenvalue weighted by Crippen LogP contribution is 2.15. The molecule has 1 saturated heterocycles. The maximum absolute atomic E-state index is 12.6. The highest BCUT2D eigenvalue weighted by molar-refractivity contribution is 9.10. The van der Waals surface area contributed by atoms with Crippen molar-refractivity contribution < 1.29 is 4.79 Å². The maximum atomic E-state index is 12.6. The predicted molar refractivity (Wildman–Crippen MR) is 110 cm³/mol. The summed E-state index contributed by atoms with van der Waals surface area (Å²) in [4.78, 5) is 21.7. The average Bonchev–Trinajstić information content (AvgIpc) is 3.05. The first-order valence-corrected chi connectivity index (χ1v) is 10.1. The molecule has 1 amide bonds. The van der Waals surface area contributed by atoms with E-state index in [-0.39, 0.29) is 5.91 Å². The van der Waals surface area contributed by atoms with Crippen molar-refractivity contribution in [1.29, 1.82) is 0 Å². The molecule has 6 heteroatoms. The summed E-state index contributed by atoms with van der Waals surface area (Å²) in [6, 6.07) is 12.1. The Morgan fingerprint density at radius 2 is 1.85 bits per heavy atom. The van der Waals surface area contributed by atoms with E-state index in [9.17, 15) is 4.79 Å². The molecule has 4 rings (SSSR count). The minimum absolute atomic E-state index is 0.224. The van der Waals surface area contributed by atoms with Gasteiger partial charge in [-0.1, -0.05) is 24.3 Å². The van der Waals surface area contributed by atoms with Gasteiger partial charge in [0.05, 0.1) is 12.1 Å². The Morgan fingerprint density at radius 3 is 2.63 bits per heavy atom. The fraction of sp³-hybridized carbons (Fsp3) is 0.333. The van der Waals surface area contributed by atoms with Crippen LogP contribution < -0.4 is 0 Å². The zero-order chi connectivity index (χ0) is 18.8. The molecule has 5 nitrogen and oxygen atoms in total. The summed E-state index contributed by atoms with van der Waals surface area (Å²) in [5.74, 6) is 0.224. The van der Waals surface area contributed by atoms with Gasteiger partial charge in [-0.05, 0) is 46.1 Å². The largest absolute Gasteiger partial charge is 0.340 e. The molecule has 3 aromatic rings. The second-order valence-electron chi connectivity index (χ2n) is 7.11. The van der Waals surface area contributed by atoms with Crippen LogP contribution in [0.25, 0.3) is 5.65 Å². The average molecular weight is 427 g/mol. The number of fused-ring (bicyclic) bond motifs is 1. The number of benzene rings is 1. The van der Waals surface area contributed by atoms with E-state index in [0.29, 0.717) is 6.42 Å². The molecule has 0 atom stereocenters. The van der Waals surface area contributed by atoms with E-state index in [1.807, 2.05) is 45.8 Å².